The van der Waals surface area contributed by atoms with Gasteiger partial charge in [0.1, 0.15) is 6.54 Å². The number of benzene rings is 2. The van der Waals surface area contributed by atoms with Crippen LogP contribution in [0.4, 0.5) is 0 Å². The van der Waals surface area contributed by atoms with Crippen molar-refractivity contribution >= 4 is 16.8 Å². The molecule has 0 saturated carbocycles. The summed E-state index contributed by atoms with van der Waals surface area (Å²) in [6, 6.07) is 15.7. The Hall–Kier alpha value is -3.56. The van der Waals surface area contributed by atoms with Gasteiger partial charge in [-0.15, -0.1) is 0 Å². The number of carbonyl (C=O) groups is 1. The maximum Gasteiger partial charge on any atom is 0.279 e. The Morgan fingerprint density at radius 1 is 1.03 bits per heavy atom. The summed E-state index contributed by atoms with van der Waals surface area (Å²) in [5, 5.41) is 9.71. The Balaban J connectivity index is 1.25. The second-order valence-corrected chi connectivity index (χ2v) is 8.80. The molecule has 0 N–H and O–H groups in total. The molecule has 2 aliphatic heterocycles. The average molecular weight is 460 g/mol. The molecule has 0 bridgehead atoms. The van der Waals surface area contributed by atoms with Gasteiger partial charge in [0.25, 0.3) is 5.89 Å². The number of hydrogen-bond acceptors (Lipinski definition) is 7. The van der Waals surface area contributed by atoms with Crippen LogP contribution in [0.15, 0.2) is 53.1 Å². The number of amides is 1. The number of carbonyl (C=O) groups excluding carboxylic acids is 1. The molecule has 174 valence electrons. The summed E-state index contributed by atoms with van der Waals surface area (Å²) in [4.78, 5) is 19.5. The minimum atomic E-state index is -0.505. The van der Waals surface area contributed by atoms with Gasteiger partial charge in [0.2, 0.25) is 11.7 Å². The number of fused-ring (bicyclic) bond motifs is 1. The summed E-state index contributed by atoms with van der Waals surface area (Å²) in [6.45, 7) is 4.62. The molecule has 1 amide bonds. The van der Waals surface area contributed by atoms with E-state index < -0.39 is 5.79 Å². The third kappa shape index (κ3) is 3.76. The molecule has 9 nitrogen and oxygen atoms in total. The fourth-order valence-corrected chi connectivity index (χ4v) is 4.66. The predicted molar refractivity (Wildman–Crippen MR) is 124 cm³/mol. The molecule has 4 heterocycles. The molecule has 2 saturated heterocycles. The van der Waals surface area contributed by atoms with E-state index in [1.54, 1.807) is 4.68 Å². The van der Waals surface area contributed by atoms with Crippen LogP contribution in [-0.2, 0) is 20.8 Å². The molecule has 2 aromatic carbocycles. The number of ether oxygens (including phenoxy) is 2. The van der Waals surface area contributed by atoms with Crippen molar-refractivity contribution in [1.82, 2.24) is 24.8 Å². The standard InChI is InChI=1S/C25H25N5O4/c1-17-6-8-18(9-7-17)23-26-24(34-28-23)22-19-4-2-3-5-20(19)30(27-22)16-21(31)29-12-10-25(11-13-29)32-14-15-33-25/h2-9H,10-16H2,1H3. The average Bonchev–Trinajstić information content (AvgIpc) is 3.60. The number of nitrogens with zero attached hydrogens (tertiary/aromatic N) is 5. The highest BCUT2D eigenvalue weighted by atomic mass is 16.7. The number of aromatic nitrogens is 4. The number of aryl methyl sites for hydroxylation is 1. The van der Waals surface area contributed by atoms with E-state index in [1.165, 1.54) is 0 Å². The van der Waals surface area contributed by atoms with Gasteiger partial charge in [-0.1, -0.05) is 53.2 Å². The quantitative estimate of drug-likeness (QED) is 0.461. The van der Waals surface area contributed by atoms with Crippen molar-refractivity contribution in [3.05, 3.63) is 54.1 Å². The van der Waals surface area contributed by atoms with Crippen LogP contribution in [0.1, 0.15) is 18.4 Å². The van der Waals surface area contributed by atoms with Gasteiger partial charge >= 0.3 is 0 Å². The molecular formula is C25H25N5O4. The van der Waals surface area contributed by atoms with Gasteiger partial charge < -0.3 is 18.9 Å². The van der Waals surface area contributed by atoms with E-state index in [0.717, 1.165) is 22.0 Å². The van der Waals surface area contributed by atoms with Crippen LogP contribution in [0.5, 0.6) is 0 Å². The van der Waals surface area contributed by atoms with E-state index in [1.807, 2.05) is 60.4 Å². The molecule has 34 heavy (non-hydrogen) atoms. The lowest BCUT2D eigenvalue weighted by molar-refractivity contribution is -0.187. The molecular weight excluding hydrogens is 434 g/mol. The molecule has 0 radical (unpaired) electrons. The Morgan fingerprint density at radius 3 is 2.53 bits per heavy atom. The monoisotopic (exact) mass is 459 g/mol. The van der Waals surface area contributed by atoms with Gasteiger partial charge in [-0.2, -0.15) is 10.1 Å². The van der Waals surface area contributed by atoms with Crippen molar-refractivity contribution < 1.29 is 18.8 Å². The number of hydrogen-bond donors (Lipinski definition) is 0. The third-order valence-electron chi connectivity index (χ3n) is 6.57. The van der Waals surface area contributed by atoms with Crippen LogP contribution in [0, 0.1) is 6.92 Å². The van der Waals surface area contributed by atoms with Crippen LogP contribution in [-0.4, -0.2) is 62.8 Å². The highest BCUT2D eigenvalue weighted by molar-refractivity contribution is 5.92. The van der Waals surface area contributed by atoms with E-state index >= 15 is 0 Å². The first-order valence-corrected chi connectivity index (χ1v) is 11.5. The molecule has 0 aliphatic carbocycles. The van der Waals surface area contributed by atoms with E-state index in [2.05, 4.69) is 10.1 Å². The molecule has 4 aromatic rings. The minimum absolute atomic E-state index is 0.0125. The first-order chi connectivity index (χ1) is 16.6. The van der Waals surface area contributed by atoms with Crippen LogP contribution in [0.3, 0.4) is 0 Å². The minimum Gasteiger partial charge on any atom is -0.347 e. The number of rotatable bonds is 4. The summed E-state index contributed by atoms with van der Waals surface area (Å²) < 4.78 is 18.8. The Bertz CT molecular complexity index is 1330. The van der Waals surface area contributed by atoms with Crippen molar-refractivity contribution in [2.45, 2.75) is 32.1 Å². The van der Waals surface area contributed by atoms with Crippen molar-refractivity contribution in [3.63, 3.8) is 0 Å². The van der Waals surface area contributed by atoms with E-state index in [4.69, 9.17) is 19.1 Å². The molecule has 2 aliphatic rings. The second kappa shape index (κ2) is 8.34. The summed E-state index contributed by atoms with van der Waals surface area (Å²) in [5.74, 6) is 0.338. The smallest absolute Gasteiger partial charge is 0.279 e. The number of likely N-dealkylation sites (tertiary alicyclic amines) is 1. The third-order valence-corrected chi connectivity index (χ3v) is 6.57. The lowest BCUT2D eigenvalue weighted by Crippen LogP contribution is -2.48. The summed E-state index contributed by atoms with van der Waals surface area (Å²) in [5.41, 5.74) is 3.45. The summed E-state index contributed by atoms with van der Waals surface area (Å²) in [7, 11) is 0. The zero-order valence-electron chi connectivity index (χ0n) is 18.9. The summed E-state index contributed by atoms with van der Waals surface area (Å²) >= 11 is 0. The molecule has 9 heteroatoms. The van der Waals surface area contributed by atoms with Crippen molar-refractivity contribution in [2.75, 3.05) is 26.3 Å². The normalized spacial score (nSPS) is 17.6. The van der Waals surface area contributed by atoms with Gasteiger partial charge in [-0.25, -0.2) is 0 Å². The van der Waals surface area contributed by atoms with Crippen LogP contribution in [0.25, 0.3) is 33.9 Å². The number of para-hydroxylation sites is 1. The first-order valence-electron chi connectivity index (χ1n) is 11.5. The molecule has 0 unspecified atom stereocenters. The lowest BCUT2D eigenvalue weighted by atomic mass is 10.0. The maximum atomic E-state index is 13.1. The van der Waals surface area contributed by atoms with Crippen LogP contribution < -0.4 is 0 Å². The Morgan fingerprint density at radius 2 is 1.76 bits per heavy atom. The second-order valence-electron chi connectivity index (χ2n) is 8.80. The number of piperidine rings is 1. The predicted octanol–water partition coefficient (Wildman–Crippen LogP) is 3.43. The first kappa shape index (κ1) is 21.0. The Labute approximate surface area is 196 Å². The fraction of sp³-hybridized carbons (Fsp3) is 0.360. The van der Waals surface area contributed by atoms with Gasteiger partial charge in [0, 0.05) is 36.9 Å². The van der Waals surface area contributed by atoms with Gasteiger partial charge in [-0.05, 0) is 13.0 Å². The van der Waals surface area contributed by atoms with Crippen molar-refractivity contribution in [2.24, 2.45) is 0 Å². The fourth-order valence-electron chi connectivity index (χ4n) is 4.66. The zero-order chi connectivity index (χ0) is 23.1. The lowest BCUT2D eigenvalue weighted by Gasteiger charge is -2.37. The van der Waals surface area contributed by atoms with Gasteiger partial charge in [0.15, 0.2) is 11.5 Å². The molecule has 6 rings (SSSR count). The highest BCUT2D eigenvalue weighted by Crippen LogP contribution is 2.32. The summed E-state index contributed by atoms with van der Waals surface area (Å²) in [6.07, 6.45) is 1.38. The van der Waals surface area contributed by atoms with Gasteiger partial charge in [-0.3, -0.25) is 9.48 Å². The molecule has 0 atom stereocenters. The van der Waals surface area contributed by atoms with E-state index in [-0.39, 0.29) is 12.5 Å². The van der Waals surface area contributed by atoms with Crippen LogP contribution in [0.2, 0.25) is 0 Å². The maximum absolute atomic E-state index is 13.1. The topological polar surface area (TPSA) is 95.5 Å². The molecule has 1 spiro atoms. The van der Waals surface area contributed by atoms with Crippen molar-refractivity contribution in [1.29, 1.82) is 0 Å². The van der Waals surface area contributed by atoms with Crippen molar-refractivity contribution in [3.8, 4) is 23.0 Å². The molecule has 2 aromatic heterocycles. The van der Waals surface area contributed by atoms with Gasteiger partial charge in [0.05, 0.1) is 18.7 Å². The van der Waals surface area contributed by atoms with Crippen LogP contribution >= 0.6 is 0 Å². The largest absolute Gasteiger partial charge is 0.347 e. The van der Waals surface area contributed by atoms with E-state index in [9.17, 15) is 4.79 Å². The highest BCUT2D eigenvalue weighted by Gasteiger charge is 2.40. The van der Waals surface area contributed by atoms with E-state index in [0.29, 0.717) is 56.6 Å². The molecule has 2 fully saturated rings. The zero-order valence-corrected chi connectivity index (χ0v) is 18.9. The SMILES string of the molecule is Cc1ccc(-c2noc(-c3nn(CC(=O)N4CCC5(CC4)OCCO5)c4ccccc34)n2)cc1. The Kier molecular flexibility index (Phi) is 5.15.